The Balaban J connectivity index is 2.81. The first kappa shape index (κ1) is 16.5. The summed E-state index contributed by atoms with van der Waals surface area (Å²) in [5, 5.41) is 0. The van der Waals surface area contributed by atoms with Crippen LogP contribution in [0.4, 0.5) is 0 Å². The number of likely N-dealkylation sites (tertiary alicyclic amines) is 1. The van der Waals surface area contributed by atoms with E-state index < -0.39 is 0 Å². The summed E-state index contributed by atoms with van der Waals surface area (Å²) in [6, 6.07) is 0. The summed E-state index contributed by atoms with van der Waals surface area (Å²) in [6.07, 6.45) is 6.42. The lowest BCUT2D eigenvalue weighted by atomic mass is 9.80. The second kappa shape index (κ2) is 7.88. The van der Waals surface area contributed by atoms with Crippen molar-refractivity contribution < 1.29 is 9.53 Å². The van der Waals surface area contributed by atoms with Gasteiger partial charge >= 0.3 is 5.97 Å². The highest BCUT2D eigenvalue weighted by molar-refractivity contribution is 5.71. The first-order valence-corrected chi connectivity index (χ1v) is 7.98. The van der Waals surface area contributed by atoms with Crippen LogP contribution >= 0.6 is 0 Å². The third kappa shape index (κ3) is 4.48. The molecule has 1 heterocycles. The minimum absolute atomic E-state index is 0.0260. The van der Waals surface area contributed by atoms with Gasteiger partial charge in [-0.05, 0) is 51.6 Å². The SMILES string of the molecule is CCOC(=O)CC(CC)(CC(C)CC)N1CCCC1. The van der Waals surface area contributed by atoms with Crippen LogP contribution in [0.5, 0.6) is 0 Å². The van der Waals surface area contributed by atoms with E-state index in [9.17, 15) is 4.79 Å². The van der Waals surface area contributed by atoms with Crippen molar-refractivity contribution in [2.75, 3.05) is 19.7 Å². The van der Waals surface area contributed by atoms with E-state index in [0.29, 0.717) is 18.9 Å². The lowest BCUT2D eigenvalue weighted by Crippen LogP contribution is -2.49. The lowest BCUT2D eigenvalue weighted by molar-refractivity contribution is -0.147. The molecule has 1 rings (SSSR count). The molecule has 1 aliphatic rings. The molecule has 0 saturated carbocycles. The van der Waals surface area contributed by atoms with Crippen LogP contribution in [-0.4, -0.2) is 36.1 Å². The highest BCUT2D eigenvalue weighted by Gasteiger charge is 2.39. The Kier molecular flexibility index (Phi) is 6.84. The summed E-state index contributed by atoms with van der Waals surface area (Å²) in [4.78, 5) is 14.5. The minimum atomic E-state index is -0.0282. The van der Waals surface area contributed by atoms with Gasteiger partial charge in [0.1, 0.15) is 0 Å². The van der Waals surface area contributed by atoms with Crippen molar-refractivity contribution in [1.82, 2.24) is 4.90 Å². The fourth-order valence-corrected chi connectivity index (χ4v) is 3.27. The normalized spacial score (nSPS) is 21.1. The summed E-state index contributed by atoms with van der Waals surface area (Å²) in [7, 11) is 0. The molecule has 0 aromatic heterocycles. The van der Waals surface area contributed by atoms with Crippen molar-refractivity contribution >= 4 is 5.97 Å². The average Bonchev–Trinajstić information content (AvgIpc) is 2.92. The minimum Gasteiger partial charge on any atom is -0.466 e. The molecule has 0 N–H and O–H groups in total. The van der Waals surface area contributed by atoms with Gasteiger partial charge in [0.05, 0.1) is 13.0 Å². The van der Waals surface area contributed by atoms with Gasteiger partial charge in [0, 0.05) is 5.54 Å². The lowest BCUT2D eigenvalue weighted by Gasteiger charge is -2.42. The van der Waals surface area contributed by atoms with Gasteiger partial charge in [-0.15, -0.1) is 0 Å². The monoisotopic (exact) mass is 269 g/mol. The maximum atomic E-state index is 12.0. The number of esters is 1. The highest BCUT2D eigenvalue weighted by atomic mass is 16.5. The van der Waals surface area contributed by atoms with Crippen molar-refractivity contribution in [3.05, 3.63) is 0 Å². The molecule has 112 valence electrons. The second-order valence-electron chi connectivity index (χ2n) is 5.97. The van der Waals surface area contributed by atoms with Crippen LogP contribution in [0.15, 0.2) is 0 Å². The van der Waals surface area contributed by atoms with Gasteiger partial charge in [0.15, 0.2) is 0 Å². The maximum Gasteiger partial charge on any atom is 0.307 e. The van der Waals surface area contributed by atoms with Gasteiger partial charge in [-0.25, -0.2) is 0 Å². The molecule has 1 fully saturated rings. The zero-order valence-corrected chi connectivity index (χ0v) is 13.2. The first-order valence-electron chi connectivity index (χ1n) is 7.98. The van der Waals surface area contributed by atoms with Crippen molar-refractivity contribution in [3.8, 4) is 0 Å². The molecular formula is C16H31NO2. The molecule has 0 radical (unpaired) electrons. The number of hydrogen-bond acceptors (Lipinski definition) is 3. The summed E-state index contributed by atoms with van der Waals surface area (Å²) in [6.45, 7) is 11.4. The smallest absolute Gasteiger partial charge is 0.307 e. The van der Waals surface area contributed by atoms with E-state index in [-0.39, 0.29) is 11.5 Å². The molecule has 0 bridgehead atoms. The predicted octanol–water partition coefficient (Wildman–Crippen LogP) is 3.62. The van der Waals surface area contributed by atoms with Crippen LogP contribution in [0.1, 0.15) is 66.2 Å². The van der Waals surface area contributed by atoms with E-state index in [1.807, 2.05) is 6.92 Å². The molecule has 3 nitrogen and oxygen atoms in total. The average molecular weight is 269 g/mol. The van der Waals surface area contributed by atoms with E-state index >= 15 is 0 Å². The van der Waals surface area contributed by atoms with Crippen LogP contribution in [0.2, 0.25) is 0 Å². The van der Waals surface area contributed by atoms with Crippen LogP contribution in [-0.2, 0) is 9.53 Å². The van der Waals surface area contributed by atoms with Crippen molar-refractivity contribution in [1.29, 1.82) is 0 Å². The second-order valence-corrected chi connectivity index (χ2v) is 5.97. The Bertz CT molecular complexity index is 274. The molecule has 0 amide bonds. The Morgan fingerprint density at radius 3 is 2.37 bits per heavy atom. The summed E-state index contributed by atoms with van der Waals surface area (Å²) >= 11 is 0. The number of hydrogen-bond donors (Lipinski definition) is 0. The third-order valence-corrected chi connectivity index (χ3v) is 4.64. The highest BCUT2D eigenvalue weighted by Crippen LogP contribution is 2.35. The molecule has 2 atom stereocenters. The van der Waals surface area contributed by atoms with Gasteiger partial charge in [-0.2, -0.15) is 0 Å². The zero-order chi connectivity index (χ0) is 14.3. The fourth-order valence-electron chi connectivity index (χ4n) is 3.27. The van der Waals surface area contributed by atoms with Crippen molar-refractivity contribution in [2.45, 2.75) is 71.8 Å². The Labute approximate surface area is 118 Å². The molecular weight excluding hydrogens is 238 g/mol. The number of carbonyl (C=O) groups excluding carboxylic acids is 1. The number of nitrogens with zero attached hydrogens (tertiary/aromatic N) is 1. The standard InChI is InChI=1S/C16H31NO2/c1-5-14(4)12-16(6-2,13-15(18)19-7-3)17-10-8-9-11-17/h14H,5-13H2,1-4H3. The van der Waals surface area contributed by atoms with Gasteiger partial charge < -0.3 is 4.74 Å². The number of carbonyl (C=O) groups is 1. The van der Waals surface area contributed by atoms with E-state index in [2.05, 4.69) is 25.7 Å². The molecule has 2 unspecified atom stereocenters. The maximum absolute atomic E-state index is 12.0. The number of ether oxygens (including phenoxy) is 1. The fraction of sp³-hybridized carbons (Fsp3) is 0.938. The van der Waals surface area contributed by atoms with Gasteiger partial charge in [-0.3, -0.25) is 9.69 Å². The Morgan fingerprint density at radius 2 is 1.89 bits per heavy atom. The van der Waals surface area contributed by atoms with E-state index in [1.54, 1.807) is 0 Å². The van der Waals surface area contributed by atoms with E-state index in [1.165, 1.54) is 19.3 Å². The molecule has 19 heavy (non-hydrogen) atoms. The number of rotatable bonds is 8. The predicted molar refractivity (Wildman–Crippen MR) is 79.2 cm³/mol. The topological polar surface area (TPSA) is 29.5 Å². The molecule has 1 saturated heterocycles. The Hall–Kier alpha value is -0.570. The molecule has 3 heteroatoms. The third-order valence-electron chi connectivity index (χ3n) is 4.64. The van der Waals surface area contributed by atoms with E-state index in [0.717, 1.165) is 25.9 Å². The van der Waals surface area contributed by atoms with Crippen LogP contribution < -0.4 is 0 Å². The summed E-state index contributed by atoms with van der Waals surface area (Å²) < 4.78 is 5.21. The molecule has 0 aromatic carbocycles. The zero-order valence-electron chi connectivity index (χ0n) is 13.2. The van der Waals surface area contributed by atoms with Crippen molar-refractivity contribution in [3.63, 3.8) is 0 Å². The van der Waals surface area contributed by atoms with Gasteiger partial charge in [0.2, 0.25) is 0 Å². The van der Waals surface area contributed by atoms with E-state index in [4.69, 9.17) is 4.74 Å². The quantitative estimate of drug-likeness (QED) is 0.630. The van der Waals surface area contributed by atoms with Gasteiger partial charge in [0.25, 0.3) is 0 Å². The van der Waals surface area contributed by atoms with Crippen LogP contribution in [0.3, 0.4) is 0 Å². The molecule has 0 aliphatic carbocycles. The van der Waals surface area contributed by atoms with Crippen molar-refractivity contribution in [2.24, 2.45) is 5.92 Å². The Morgan fingerprint density at radius 1 is 1.26 bits per heavy atom. The largest absolute Gasteiger partial charge is 0.466 e. The first-order chi connectivity index (χ1) is 9.07. The van der Waals surface area contributed by atoms with Gasteiger partial charge in [-0.1, -0.05) is 27.2 Å². The van der Waals surface area contributed by atoms with Crippen LogP contribution in [0.25, 0.3) is 0 Å². The summed E-state index contributed by atoms with van der Waals surface area (Å²) in [5.41, 5.74) is 0.0260. The summed E-state index contributed by atoms with van der Waals surface area (Å²) in [5.74, 6) is 0.634. The molecule has 1 aliphatic heterocycles. The van der Waals surface area contributed by atoms with Crippen LogP contribution in [0, 0.1) is 5.92 Å². The molecule has 0 aromatic rings. The molecule has 0 spiro atoms.